The molecule has 0 aliphatic carbocycles. The third-order valence-corrected chi connectivity index (χ3v) is 17.1. The summed E-state index contributed by atoms with van der Waals surface area (Å²) in [5.74, 6) is 5.31. The number of piperazine rings is 1. The minimum Gasteiger partial charge on any atom is -0.304 e. The highest BCUT2D eigenvalue weighted by molar-refractivity contribution is 4.74. The Morgan fingerprint density at radius 2 is 0.533 bits per heavy atom. The Kier molecular flexibility index (Phi) is 48.0. The Labute approximate surface area is 475 Å². The molecule has 6 aliphatic heterocycles. The smallest absolute Gasteiger partial charge is 0.0110 e. The van der Waals surface area contributed by atoms with Crippen LogP contribution in [0.25, 0.3) is 0 Å². The predicted octanol–water partition coefficient (Wildman–Crippen LogP) is 17.0. The van der Waals surface area contributed by atoms with E-state index in [0.29, 0.717) is 0 Å². The molecule has 6 heterocycles. The number of unbranched alkanes of at least 4 members (excludes halogenated alkanes) is 4. The lowest BCUT2D eigenvalue weighted by atomic mass is 10.0. The molecule has 450 valence electrons. The average molecular weight is 1060 g/mol. The summed E-state index contributed by atoms with van der Waals surface area (Å²) in [6, 6.07) is 0.848. The summed E-state index contributed by atoms with van der Waals surface area (Å²) >= 11 is 0. The van der Waals surface area contributed by atoms with Crippen molar-refractivity contribution in [1.82, 2.24) is 34.3 Å². The second-order valence-electron chi connectivity index (χ2n) is 27.7. The van der Waals surface area contributed by atoms with Gasteiger partial charge >= 0.3 is 0 Å². The lowest BCUT2D eigenvalue weighted by molar-refractivity contribution is 0.151. The fourth-order valence-corrected chi connectivity index (χ4v) is 11.5. The first kappa shape index (κ1) is 72.7. The third kappa shape index (κ3) is 47.1. The van der Waals surface area contributed by atoms with E-state index in [1.807, 2.05) is 0 Å². The second-order valence-corrected chi connectivity index (χ2v) is 27.7. The van der Waals surface area contributed by atoms with Gasteiger partial charge in [-0.15, -0.1) is 0 Å². The zero-order valence-corrected chi connectivity index (χ0v) is 54.4. The number of likely N-dealkylation sites (N-methyl/N-ethyl adjacent to an activating group) is 1. The van der Waals surface area contributed by atoms with Gasteiger partial charge in [-0.1, -0.05) is 154 Å². The van der Waals surface area contributed by atoms with Gasteiger partial charge in [-0.25, -0.2) is 0 Å². The van der Waals surface area contributed by atoms with Gasteiger partial charge in [0.1, 0.15) is 0 Å². The quantitative estimate of drug-likeness (QED) is 0.0719. The highest BCUT2D eigenvalue weighted by atomic mass is 15.2. The molecule has 1 atom stereocenters. The number of nitrogens with zero attached hydrogens (tertiary/aromatic N) is 7. The molecule has 0 aromatic carbocycles. The van der Waals surface area contributed by atoms with Crippen molar-refractivity contribution in [1.29, 1.82) is 0 Å². The van der Waals surface area contributed by atoms with E-state index in [2.05, 4.69) is 131 Å². The first-order chi connectivity index (χ1) is 36.0. The van der Waals surface area contributed by atoms with Crippen molar-refractivity contribution in [2.24, 2.45) is 35.5 Å². The van der Waals surface area contributed by atoms with Crippen LogP contribution in [0.5, 0.6) is 0 Å². The molecule has 6 fully saturated rings. The maximum Gasteiger partial charge on any atom is 0.0110 e. The summed E-state index contributed by atoms with van der Waals surface area (Å²) in [6.45, 7) is 55.5. The van der Waals surface area contributed by atoms with E-state index < -0.39 is 0 Å². The summed E-state index contributed by atoms with van der Waals surface area (Å²) in [4.78, 5) is 18.1. The lowest BCUT2D eigenvalue weighted by Crippen LogP contribution is -2.44. The van der Waals surface area contributed by atoms with E-state index in [9.17, 15) is 0 Å². The fraction of sp³-hybridized carbons (Fsp3) is 1.00. The molecule has 7 nitrogen and oxygen atoms in total. The molecule has 6 saturated heterocycles. The van der Waals surface area contributed by atoms with Crippen LogP contribution in [0.3, 0.4) is 0 Å². The summed E-state index contributed by atoms with van der Waals surface area (Å²) in [5.41, 5.74) is 0. The summed E-state index contributed by atoms with van der Waals surface area (Å²) in [6.07, 6.45) is 39.8. The van der Waals surface area contributed by atoms with Gasteiger partial charge in [0.25, 0.3) is 0 Å². The van der Waals surface area contributed by atoms with E-state index in [1.165, 1.54) is 304 Å². The summed E-state index contributed by atoms with van der Waals surface area (Å²) in [5, 5.41) is 0. The summed E-state index contributed by atoms with van der Waals surface area (Å²) < 4.78 is 0. The Morgan fingerprint density at radius 3 is 0.840 bits per heavy atom. The van der Waals surface area contributed by atoms with Crippen LogP contribution in [-0.4, -0.2) is 172 Å². The molecule has 0 aromatic rings. The first-order valence-electron chi connectivity index (χ1n) is 34.1. The Morgan fingerprint density at radius 1 is 0.267 bits per heavy atom. The molecule has 0 spiro atoms. The van der Waals surface area contributed by atoms with E-state index >= 15 is 0 Å². The lowest BCUT2D eigenvalue weighted by Gasteiger charge is -2.33. The van der Waals surface area contributed by atoms with E-state index in [0.717, 1.165) is 41.5 Å². The first-order valence-corrected chi connectivity index (χ1v) is 34.1. The molecule has 0 N–H and O–H groups in total. The monoisotopic (exact) mass is 1060 g/mol. The molecule has 0 aromatic heterocycles. The molecule has 0 bridgehead atoms. The maximum atomic E-state index is 2.67. The van der Waals surface area contributed by atoms with Crippen molar-refractivity contribution >= 4 is 0 Å². The van der Waals surface area contributed by atoms with E-state index in [-0.39, 0.29) is 0 Å². The van der Waals surface area contributed by atoms with Gasteiger partial charge < -0.3 is 34.3 Å². The van der Waals surface area contributed by atoms with Crippen LogP contribution in [0.2, 0.25) is 0 Å². The molecule has 75 heavy (non-hydrogen) atoms. The Hall–Kier alpha value is -0.280. The molecule has 1 unspecified atom stereocenters. The normalized spacial score (nSPS) is 20.7. The van der Waals surface area contributed by atoms with Crippen molar-refractivity contribution in [2.75, 3.05) is 131 Å². The van der Waals surface area contributed by atoms with Gasteiger partial charge in [0.2, 0.25) is 0 Å². The zero-order valence-electron chi connectivity index (χ0n) is 54.4. The molecular formula is C68H143N7. The van der Waals surface area contributed by atoms with Crippen LogP contribution in [0.15, 0.2) is 0 Å². The standard InChI is InChI=1S/C12H26N2.2C12H25N.2C11H23N.C10H21N/c1-12(2)6-4-5-7-14-10-8-13(3)9-11-14;1-11(2)7-6-10-13-9-5-4-8-12(13)3;1-12(2)8-4-7-11-13-9-5-3-6-10-13;1-11(2)7-3-4-8-12-9-5-6-10-12;1-11(2)7-6-10-12-8-4-3-5-9-12;1-10(2)6-3-4-7-11-8-5-9-11/h12H,4-11H2,1-3H3;11-12H,4-10H2,1-3H3;12H,3-11H2,1-2H3;2*11H,3-10H2,1-2H3;10H,3-9H2,1-2H3. The van der Waals surface area contributed by atoms with Crippen LogP contribution in [-0.2, 0) is 0 Å². The summed E-state index contributed by atoms with van der Waals surface area (Å²) in [7, 11) is 2.22. The van der Waals surface area contributed by atoms with E-state index in [4.69, 9.17) is 0 Å². The molecule has 6 aliphatic rings. The largest absolute Gasteiger partial charge is 0.304 e. The molecule has 6 rings (SSSR count). The van der Waals surface area contributed by atoms with Crippen LogP contribution < -0.4 is 0 Å². The average Bonchev–Trinajstić information content (AvgIpc) is 3.89. The van der Waals surface area contributed by atoms with E-state index in [1.54, 1.807) is 0 Å². The molecule has 0 amide bonds. The maximum absolute atomic E-state index is 2.67. The van der Waals surface area contributed by atoms with Gasteiger partial charge in [-0.3, -0.25) is 0 Å². The Balaban J connectivity index is 0.000000451. The van der Waals surface area contributed by atoms with Gasteiger partial charge in [-0.05, 0) is 257 Å². The molecular weight excluding hydrogens is 915 g/mol. The van der Waals surface area contributed by atoms with Crippen molar-refractivity contribution in [2.45, 2.75) is 276 Å². The number of likely N-dealkylation sites (tertiary alicyclic amines) is 5. The molecule has 0 radical (unpaired) electrons. The number of hydrogen-bond acceptors (Lipinski definition) is 7. The van der Waals surface area contributed by atoms with Crippen molar-refractivity contribution < 1.29 is 0 Å². The van der Waals surface area contributed by atoms with Gasteiger partial charge in [-0.2, -0.15) is 0 Å². The minimum atomic E-state index is 0.848. The SMILES string of the molecule is CC(C)CCCCN1CCC1.CC(C)CCCCN1CCCC1.CC(C)CCCCN1CCCCC1.CC(C)CCCCN1CCN(C)CC1.CC(C)CCCN1CCCCC1.CC(C)CCCN1CCCCC1C. The van der Waals surface area contributed by atoms with Crippen LogP contribution in [0, 0.1) is 35.5 Å². The highest BCUT2D eigenvalue weighted by Gasteiger charge is 2.18. The van der Waals surface area contributed by atoms with Crippen LogP contribution in [0.1, 0.15) is 270 Å². The Bertz CT molecular complexity index is 1140. The molecule has 0 saturated carbocycles. The number of hydrogen-bond donors (Lipinski definition) is 0. The topological polar surface area (TPSA) is 22.7 Å². The minimum absolute atomic E-state index is 0.848. The highest BCUT2D eigenvalue weighted by Crippen LogP contribution is 2.19. The second kappa shape index (κ2) is 49.5. The zero-order chi connectivity index (χ0) is 55.3. The van der Waals surface area contributed by atoms with Gasteiger partial charge in [0.15, 0.2) is 0 Å². The number of rotatable bonds is 28. The van der Waals surface area contributed by atoms with Crippen molar-refractivity contribution in [3.05, 3.63) is 0 Å². The number of piperidine rings is 3. The van der Waals surface area contributed by atoms with Crippen LogP contribution >= 0.6 is 0 Å². The fourth-order valence-electron chi connectivity index (χ4n) is 11.5. The van der Waals surface area contributed by atoms with Crippen molar-refractivity contribution in [3.8, 4) is 0 Å². The molecule has 7 heteroatoms. The van der Waals surface area contributed by atoms with Gasteiger partial charge in [0.05, 0.1) is 0 Å². The third-order valence-electron chi connectivity index (χ3n) is 17.1. The van der Waals surface area contributed by atoms with Gasteiger partial charge in [0, 0.05) is 32.2 Å². The van der Waals surface area contributed by atoms with Crippen molar-refractivity contribution in [3.63, 3.8) is 0 Å². The van der Waals surface area contributed by atoms with Crippen LogP contribution in [0.4, 0.5) is 0 Å². The predicted molar refractivity (Wildman–Crippen MR) is 339 cm³/mol.